The van der Waals surface area contributed by atoms with E-state index in [0.29, 0.717) is 43.4 Å². The highest BCUT2D eigenvalue weighted by atomic mass is 35.5. The van der Waals surface area contributed by atoms with Crippen molar-refractivity contribution in [2.45, 2.75) is 19.4 Å². The predicted molar refractivity (Wildman–Crippen MR) is 78.0 cm³/mol. The Hall–Kier alpha value is -0.980. The zero-order valence-electron chi connectivity index (χ0n) is 11.1. The summed E-state index contributed by atoms with van der Waals surface area (Å²) in [6.45, 7) is 1.31. The standard InChI is InChI=1S/C13H18ClNO4S/c14-5-1-2-8-20(16,17)15-10-11-3-4-12-13(9-11)19-7-6-18-12/h3-4,9,15H,1-2,5-8,10H2. The number of fused-ring (bicyclic) bond motifs is 1. The number of unbranched alkanes of at least 4 members (excludes halogenated alkanes) is 1. The third-order valence-electron chi connectivity index (χ3n) is 2.90. The van der Waals surface area contributed by atoms with Crippen LogP contribution in [0.15, 0.2) is 18.2 Å². The molecule has 0 unspecified atom stereocenters. The Bertz CT molecular complexity index is 547. The Balaban J connectivity index is 1.90. The van der Waals surface area contributed by atoms with Crippen molar-refractivity contribution in [3.63, 3.8) is 0 Å². The minimum Gasteiger partial charge on any atom is -0.486 e. The smallest absolute Gasteiger partial charge is 0.211 e. The molecule has 1 aromatic carbocycles. The maximum Gasteiger partial charge on any atom is 0.211 e. The quantitative estimate of drug-likeness (QED) is 0.616. The molecule has 1 heterocycles. The number of hydrogen-bond donors (Lipinski definition) is 1. The maximum atomic E-state index is 11.8. The number of sulfonamides is 1. The lowest BCUT2D eigenvalue weighted by Crippen LogP contribution is -2.26. The molecule has 0 amide bonds. The summed E-state index contributed by atoms with van der Waals surface area (Å²) in [6.07, 6.45) is 1.27. The summed E-state index contributed by atoms with van der Waals surface area (Å²) in [5.74, 6) is 1.95. The van der Waals surface area contributed by atoms with Gasteiger partial charge in [0.15, 0.2) is 11.5 Å². The highest BCUT2D eigenvalue weighted by molar-refractivity contribution is 7.89. The SMILES string of the molecule is O=S(=O)(CCCCCl)NCc1ccc2c(c1)OCCO2. The molecule has 0 atom stereocenters. The lowest BCUT2D eigenvalue weighted by molar-refractivity contribution is 0.171. The van der Waals surface area contributed by atoms with E-state index in [1.54, 1.807) is 12.1 Å². The summed E-state index contributed by atoms with van der Waals surface area (Å²) in [5.41, 5.74) is 0.843. The number of nitrogens with one attached hydrogen (secondary N) is 1. The van der Waals surface area contributed by atoms with E-state index in [4.69, 9.17) is 21.1 Å². The second-order valence-corrected chi connectivity index (χ2v) is 6.82. The van der Waals surface area contributed by atoms with Crippen LogP contribution in [0.2, 0.25) is 0 Å². The first kappa shape index (κ1) is 15.4. The Morgan fingerprint density at radius 2 is 1.90 bits per heavy atom. The molecule has 0 aliphatic carbocycles. The molecule has 1 aliphatic heterocycles. The van der Waals surface area contributed by atoms with E-state index in [9.17, 15) is 8.42 Å². The molecule has 2 rings (SSSR count). The molecule has 0 saturated heterocycles. The molecule has 1 N–H and O–H groups in total. The normalized spacial score (nSPS) is 14.2. The Morgan fingerprint density at radius 1 is 1.15 bits per heavy atom. The van der Waals surface area contributed by atoms with E-state index in [1.165, 1.54) is 0 Å². The molecule has 0 radical (unpaired) electrons. The van der Waals surface area contributed by atoms with Gasteiger partial charge in [-0.25, -0.2) is 13.1 Å². The van der Waals surface area contributed by atoms with Gasteiger partial charge in [-0.05, 0) is 30.5 Å². The van der Waals surface area contributed by atoms with Gasteiger partial charge in [0.05, 0.1) is 5.75 Å². The first-order valence-corrected chi connectivity index (χ1v) is 8.71. The maximum absolute atomic E-state index is 11.8. The average molecular weight is 320 g/mol. The van der Waals surface area contributed by atoms with E-state index in [2.05, 4.69) is 4.72 Å². The van der Waals surface area contributed by atoms with Crippen LogP contribution in [0, 0.1) is 0 Å². The summed E-state index contributed by atoms with van der Waals surface area (Å²) >= 11 is 5.53. The van der Waals surface area contributed by atoms with Crippen molar-refractivity contribution < 1.29 is 17.9 Å². The summed E-state index contributed by atoms with van der Waals surface area (Å²) in [7, 11) is -3.25. The number of ether oxygens (including phenoxy) is 2. The lowest BCUT2D eigenvalue weighted by atomic mass is 10.2. The molecule has 0 spiro atoms. The van der Waals surface area contributed by atoms with Gasteiger partial charge < -0.3 is 9.47 Å². The van der Waals surface area contributed by atoms with E-state index in [0.717, 1.165) is 5.56 Å². The molecule has 0 saturated carbocycles. The average Bonchev–Trinajstić information content (AvgIpc) is 2.45. The monoisotopic (exact) mass is 319 g/mol. The summed E-state index contributed by atoms with van der Waals surface area (Å²) in [4.78, 5) is 0. The van der Waals surface area contributed by atoms with Gasteiger partial charge in [-0.2, -0.15) is 0 Å². The fourth-order valence-corrected chi connectivity index (χ4v) is 3.15. The van der Waals surface area contributed by atoms with Crippen LogP contribution in [0.4, 0.5) is 0 Å². The van der Waals surface area contributed by atoms with E-state index in [1.807, 2.05) is 6.07 Å². The first-order chi connectivity index (χ1) is 9.61. The van der Waals surface area contributed by atoms with Crippen molar-refractivity contribution in [1.29, 1.82) is 0 Å². The second kappa shape index (κ2) is 7.15. The van der Waals surface area contributed by atoms with Crippen LogP contribution in [0.3, 0.4) is 0 Å². The van der Waals surface area contributed by atoms with Crippen molar-refractivity contribution in [2.75, 3.05) is 24.8 Å². The van der Waals surface area contributed by atoms with Gasteiger partial charge in [0.1, 0.15) is 13.2 Å². The fraction of sp³-hybridized carbons (Fsp3) is 0.538. The van der Waals surface area contributed by atoms with Crippen LogP contribution < -0.4 is 14.2 Å². The van der Waals surface area contributed by atoms with Gasteiger partial charge in [0, 0.05) is 12.4 Å². The fourth-order valence-electron chi connectivity index (χ4n) is 1.85. The number of rotatable bonds is 7. The Morgan fingerprint density at radius 3 is 2.65 bits per heavy atom. The van der Waals surface area contributed by atoms with Gasteiger partial charge in [0.2, 0.25) is 10.0 Å². The van der Waals surface area contributed by atoms with Crippen LogP contribution in [0.1, 0.15) is 18.4 Å². The first-order valence-electron chi connectivity index (χ1n) is 6.52. The van der Waals surface area contributed by atoms with Crippen LogP contribution in [0.5, 0.6) is 11.5 Å². The van der Waals surface area contributed by atoms with Crippen molar-refractivity contribution >= 4 is 21.6 Å². The molecule has 0 fully saturated rings. The number of hydrogen-bond acceptors (Lipinski definition) is 4. The number of halogens is 1. The molecular formula is C13H18ClNO4S. The topological polar surface area (TPSA) is 64.6 Å². The molecule has 1 aromatic rings. The molecule has 1 aliphatic rings. The van der Waals surface area contributed by atoms with E-state index < -0.39 is 10.0 Å². The minimum atomic E-state index is -3.25. The van der Waals surface area contributed by atoms with Gasteiger partial charge in [-0.1, -0.05) is 6.07 Å². The Kier molecular flexibility index (Phi) is 5.51. The van der Waals surface area contributed by atoms with Crippen LogP contribution in [0.25, 0.3) is 0 Å². The van der Waals surface area contributed by atoms with Gasteiger partial charge >= 0.3 is 0 Å². The molecular weight excluding hydrogens is 302 g/mol. The van der Waals surface area contributed by atoms with Crippen molar-refractivity contribution in [3.8, 4) is 11.5 Å². The zero-order chi connectivity index (χ0) is 14.4. The van der Waals surface area contributed by atoms with Crippen molar-refractivity contribution in [1.82, 2.24) is 4.72 Å². The highest BCUT2D eigenvalue weighted by Crippen LogP contribution is 2.30. The minimum absolute atomic E-state index is 0.101. The van der Waals surface area contributed by atoms with Crippen LogP contribution in [-0.2, 0) is 16.6 Å². The molecule has 20 heavy (non-hydrogen) atoms. The van der Waals surface area contributed by atoms with Gasteiger partial charge in [0.25, 0.3) is 0 Å². The third-order valence-corrected chi connectivity index (χ3v) is 4.58. The third kappa shape index (κ3) is 4.54. The largest absolute Gasteiger partial charge is 0.486 e. The van der Waals surface area contributed by atoms with E-state index in [-0.39, 0.29) is 12.3 Å². The molecule has 5 nitrogen and oxygen atoms in total. The van der Waals surface area contributed by atoms with Crippen molar-refractivity contribution in [2.24, 2.45) is 0 Å². The second-order valence-electron chi connectivity index (χ2n) is 4.51. The summed E-state index contributed by atoms with van der Waals surface area (Å²) < 4.78 is 37.0. The van der Waals surface area contributed by atoms with Crippen LogP contribution >= 0.6 is 11.6 Å². The Labute approximate surface area is 124 Å². The molecule has 7 heteroatoms. The lowest BCUT2D eigenvalue weighted by Gasteiger charge is -2.19. The summed E-state index contributed by atoms with van der Waals surface area (Å²) in [5, 5.41) is 0. The van der Waals surface area contributed by atoms with Crippen LogP contribution in [-0.4, -0.2) is 33.3 Å². The summed E-state index contributed by atoms with van der Waals surface area (Å²) in [6, 6.07) is 5.43. The predicted octanol–water partition coefficient (Wildman–Crippen LogP) is 1.90. The zero-order valence-corrected chi connectivity index (χ0v) is 12.7. The highest BCUT2D eigenvalue weighted by Gasteiger charge is 2.13. The molecule has 0 aromatic heterocycles. The van der Waals surface area contributed by atoms with Crippen molar-refractivity contribution in [3.05, 3.63) is 23.8 Å². The number of benzene rings is 1. The molecule has 0 bridgehead atoms. The van der Waals surface area contributed by atoms with E-state index >= 15 is 0 Å². The van der Waals surface area contributed by atoms with Gasteiger partial charge in [-0.15, -0.1) is 11.6 Å². The molecule has 112 valence electrons. The number of alkyl halides is 1. The van der Waals surface area contributed by atoms with Gasteiger partial charge in [-0.3, -0.25) is 0 Å².